The predicted octanol–water partition coefficient (Wildman–Crippen LogP) is 3.49. The lowest BCUT2D eigenvalue weighted by Gasteiger charge is -2.31. The molecule has 0 spiro atoms. The third-order valence-corrected chi connectivity index (χ3v) is 4.95. The van der Waals surface area contributed by atoms with Gasteiger partial charge in [0.2, 0.25) is 0 Å². The fourth-order valence-corrected chi connectivity index (χ4v) is 3.45. The molecule has 0 unspecified atom stereocenters. The molecule has 1 fully saturated rings. The molecular formula is C19H29N3O3. The highest BCUT2D eigenvalue weighted by molar-refractivity contribution is 5.94. The molecule has 1 aliphatic carbocycles. The van der Waals surface area contributed by atoms with Crippen LogP contribution in [0.5, 0.6) is 0 Å². The van der Waals surface area contributed by atoms with Crippen molar-refractivity contribution in [3.8, 4) is 0 Å². The second-order valence-corrected chi connectivity index (χ2v) is 7.32. The zero-order chi connectivity index (χ0) is 18.4. The minimum Gasteiger partial charge on any atom is -0.337 e. The van der Waals surface area contributed by atoms with Crippen LogP contribution in [0.1, 0.15) is 48.0 Å². The summed E-state index contributed by atoms with van der Waals surface area (Å²) in [5.74, 6) is 0.546. The standard InChI is InChI=1S/C19H29N3O3/c1-15-13-17(9-10-18(15)22(24)25)19(23)21(12-11-20(2)3)14-16-7-5-4-6-8-16/h9-10,13,16H,4-8,11-12,14H2,1-3H3. The van der Waals surface area contributed by atoms with E-state index >= 15 is 0 Å². The Kier molecular flexibility index (Phi) is 6.93. The van der Waals surface area contributed by atoms with Crippen LogP contribution in [0.15, 0.2) is 18.2 Å². The summed E-state index contributed by atoms with van der Waals surface area (Å²) in [5, 5.41) is 11.0. The Morgan fingerprint density at radius 1 is 1.20 bits per heavy atom. The Bertz CT molecular complexity index is 610. The number of nitro benzene ring substituents is 1. The molecule has 0 N–H and O–H groups in total. The molecule has 1 saturated carbocycles. The van der Waals surface area contributed by atoms with E-state index in [1.807, 2.05) is 19.0 Å². The lowest BCUT2D eigenvalue weighted by molar-refractivity contribution is -0.385. The van der Waals surface area contributed by atoms with Gasteiger partial charge < -0.3 is 9.80 Å². The van der Waals surface area contributed by atoms with Gasteiger partial charge in [0.15, 0.2) is 0 Å². The van der Waals surface area contributed by atoms with Gasteiger partial charge in [-0.05, 0) is 51.9 Å². The van der Waals surface area contributed by atoms with Crippen molar-refractivity contribution in [2.75, 3.05) is 33.7 Å². The smallest absolute Gasteiger partial charge is 0.272 e. The van der Waals surface area contributed by atoms with Gasteiger partial charge in [-0.2, -0.15) is 0 Å². The van der Waals surface area contributed by atoms with Crippen molar-refractivity contribution in [2.45, 2.75) is 39.0 Å². The van der Waals surface area contributed by atoms with E-state index in [-0.39, 0.29) is 11.6 Å². The topological polar surface area (TPSA) is 66.7 Å². The summed E-state index contributed by atoms with van der Waals surface area (Å²) in [6, 6.07) is 4.66. The van der Waals surface area contributed by atoms with Crippen LogP contribution in [0.2, 0.25) is 0 Å². The van der Waals surface area contributed by atoms with E-state index in [0.29, 0.717) is 23.6 Å². The minimum atomic E-state index is -0.407. The molecule has 0 radical (unpaired) electrons. The average molecular weight is 347 g/mol. The molecular weight excluding hydrogens is 318 g/mol. The zero-order valence-corrected chi connectivity index (χ0v) is 15.5. The van der Waals surface area contributed by atoms with Crippen LogP contribution < -0.4 is 0 Å². The van der Waals surface area contributed by atoms with Crippen molar-refractivity contribution in [1.29, 1.82) is 0 Å². The Morgan fingerprint density at radius 2 is 1.88 bits per heavy atom. The first-order chi connectivity index (χ1) is 11.9. The normalized spacial score (nSPS) is 15.4. The summed E-state index contributed by atoms with van der Waals surface area (Å²) in [4.78, 5) is 27.6. The number of nitro groups is 1. The summed E-state index contributed by atoms with van der Waals surface area (Å²) in [7, 11) is 4.00. The Hall–Kier alpha value is -1.95. The van der Waals surface area contributed by atoms with Crippen LogP contribution in [0.25, 0.3) is 0 Å². The molecule has 6 nitrogen and oxygen atoms in total. The molecule has 0 aliphatic heterocycles. The van der Waals surface area contributed by atoms with Crippen LogP contribution in [0.3, 0.4) is 0 Å². The van der Waals surface area contributed by atoms with E-state index in [0.717, 1.165) is 13.1 Å². The van der Waals surface area contributed by atoms with E-state index < -0.39 is 4.92 Å². The largest absolute Gasteiger partial charge is 0.337 e. The number of hydrogen-bond acceptors (Lipinski definition) is 4. The van der Waals surface area contributed by atoms with E-state index in [1.165, 1.54) is 38.2 Å². The molecule has 1 aromatic carbocycles. The number of nitrogens with zero attached hydrogens (tertiary/aromatic N) is 3. The first-order valence-corrected chi connectivity index (χ1v) is 9.07. The Morgan fingerprint density at radius 3 is 2.44 bits per heavy atom. The molecule has 0 bridgehead atoms. The van der Waals surface area contributed by atoms with Crippen LogP contribution in [-0.4, -0.2) is 54.4 Å². The van der Waals surface area contributed by atoms with E-state index in [1.54, 1.807) is 19.1 Å². The van der Waals surface area contributed by atoms with Gasteiger partial charge in [0.25, 0.3) is 11.6 Å². The first-order valence-electron chi connectivity index (χ1n) is 9.07. The summed E-state index contributed by atoms with van der Waals surface area (Å²) in [5.41, 5.74) is 1.13. The van der Waals surface area contributed by atoms with Crippen LogP contribution in [-0.2, 0) is 0 Å². The maximum Gasteiger partial charge on any atom is 0.272 e. The Labute approximate surface area is 150 Å². The number of carbonyl (C=O) groups is 1. The van der Waals surface area contributed by atoms with Gasteiger partial charge in [-0.25, -0.2) is 0 Å². The predicted molar refractivity (Wildman–Crippen MR) is 98.9 cm³/mol. The van der Waals surface area contributed by atoms with Gasteiger partial charge in [0, 0.05) is 36.8 Å². The maximum absolute atomic E-state index is 13.0. The summed E-state index contributed by atoms with van der Waals surface area (Å²) < 4.78 is 0. The highest BCUT2D eigenvalue weighted by atomic mass is 16.6. The number of hydrogen-bond donors (Lipinski definition) is 0. The molecule has 0 heterocycles. The van der Waals surface area contributed by atoms with Crippen molar-refractivity contribution in [2.24, 2.45) is 5.92 Å². The fraction of sp³-hybridized carbons (Fsp3) is 0.632. The number of rotatable bonds is 7. The van der Waals surface area contributed by atoms with Crippen LogP contribution >= 0.6 is 0 Å². The minimum absolute atomic E-state index is 0.0228. The van der Waals surface area contributed by atoms with E-state index in [9.17, 15) is 14.9 Å². The lowest BCUT2D eigenvalue weighted by atomic mass is 9.89. The second-order valence-electron chi connectivity index (χ2n) is 7.32. The number of amides is 1. The SMILES string of the molecule is Cc1cc(C(=O)N(CCN(C)C)CC2CCCCC2)ccc1[N+](=O)[O-]. The summed E-state index contributed by atoms with van der Waals surface area (Å²) in [6.45, 7) is 3.95. The molecule has 1 aromatic rings. The molecule has 1 amide bonds. The van der Waals surface area contributed by atoms with Gasteiger partial charge >= 0.3 is 0 Å². The molecule has 2 rings (SSSR count). The van der Waals surface area contributed by atoms with Gasteiger partial charge in [-0.3, -0.25) is 14.9 Å². The molecule has 0 saturated heterocycles. The summed E-state index contributed by atoms with van der Waals surface area (Å²) >= 11 is 0. The molecule has 25 heavy (non-hydrogen) atoms. The van der Waals surface area contributed by atoms with E-state index in [2.05, 4.69) is 4.90 Å². The zero-order valence-electron chi connectivity index (χ0n) is 15.5. The van der Waals surface area contributed by atoms with Gasteiger partial charge in [0.05, 0.1) is 4.92 Å². The van der Waals surface area contributed by atoms with Crippen molar-refractivity contribution >= 4 is 11.6 Å². The molecule has 6 heteroatoms. The maximum atomic E-state index is 13.0. The molecule has 0 aromatic heterocycles. The van der Waals surface area contributed by atoms with Crippen molar-refractivity contribution in [3.05, 3.63) is 39.4 Å². The molecule has 0 atom stereocenters. The number of carbonyl (C=O) groups excluding carboxylic acids is 1. The monoisotopic (exact) mass is 347 g/mol. The van der Waals surface area contributed by atoms with Gasteiger partial charge in [0.1, 0.15) is 0 Å². The molecule has 138 valence electrons. The average Bonchev–Trinajstić information content (AvgIpc) is 2.58. The quantitative estimate of drug-likeness (QED) is 0.559. The van der Waals surface area contributed by atoms with Crippen molar-refractivity contribution in [1.82, 2.24) is 9.80 Å². The van der Waals surface area contributed by atoms with Gasteiger partial charge in [-0.15, -0.1) is 0 Å². The van der Waals surface area contributed by atoms with Crippen molar-refractivity contribution < 1.29 is 9.72 Å². The van der Waals surface area contributed by atoms with Gasteiger partial charge in [-0.1, -0.05) is 19.3 Å². The number of benzene rings is 1. The Balaban J connectivity index is 2.15. The number of likely N-dealkylation sites (N-methyl/N-ethyl adjacent to an activating group) is 1. The third-order valence-electron chi connectivity index (χ3n) is 4.95. The summed E-state index contributed by atoms with van der Waals surface area (Å²) in [6.07, 6.45) is 6.16. The first kappa shape index (κ1) is 19.4. The lowest BCUT2D eigenvalue weighted by Crippen LogP contribution is -2.40. The van der Waals surface area contributed by atoms with Crippen molar-refractivity contribution in [3.63, 3.8) is 0 Å². The van der Waals surface area contributed by atoms with Crippen LogP contribution in [0.4, 0.5) is 5.69 Å². The fourth-order valence-electron chi connectivity index (χ4n) is 3.45. The molecule has 1 aliphatic rings. The second kappa shape index (κ2) is 8.94. The third kappa shape index (κ3) is 5.53. The highest BCUT2D eigenvalue weighted by Crippen LogP contribution is 2.25. The highest BCUT2D eigenvalue weighted by Gasteiger charge is 2.23. The van der Waals surface area contributed by atoms with E-state index in [4.69, 9.17) is 0 Å². The number of aryl methyl sites for hydroxylation is 1. The van der Waals surface area contributed by atoms with Crippen LogP contribution in [0, 0.1) is 23.0 Å².